The molecule has 110 valence electrons. The van der Waals surface area contributed by atoms with Crippen LogP contribution in [0, 0.1) is 5.92 Å². The van der Waals surface area contributed by atoms with Crippen molar-refractivity contribution in [2.75, 3.05) is 20.6 Å². The second-order valence-corrected chi connectivity index (χ2v) is 6.16. The predicted molar refractivity (Wildman–Crippen MR) is 83.4 cm³/mol. The monoisotopic (exact) mass is 265 g/mol. The summed E-state index contributed by atoms with van der Waals surface area (Å²) in [5, 5.41) is 3.72. The van der Waals surface area contributed by atoms with Gasteiger partial charge in [-0.3, -0.25) is 0 Å². The third kappa shape index (κ3) is 6.26. The number of nitrogens with one attached hydrogen (secondary N) is 1. The number of hydrogen-bond acceptors (Lipinski definition) is 2. The number of nitrogens with zero attached hydrogens (tertiary/aromatic N) is 2. The smallest absolute Gasteiger partial charge is 0.0362 e. The molecular formula is C16H31N3. The molecule has 0 amide bonds. The molecule has 0 saturated carbocycles. The van der Waals surface area contributed by atoms with Crippen LogP contribution in [0.4, 0.5) is 0 Å². The fourth-order valence-corrected chi connectivity index (χ4v) is 2.55. The molecule has 0 saturated heterocycles. The first-order chi connectivity index (χ1) is 9.02. The number of aryl methyl sites for hydroxylation is 1. The molecule has 1 rings (SSSR count). The Balaban J connectivity index is 2.51. The largest absolute Gasteiger partial charge is 0.350 e. The second kappa shape index (κ2) is 8.39. The molecule has 1 aromatic heterocycles. The van der Waals surface area contributed by atoms with Crippen LogP contribution in [-0.4, -0.2) is 36.1 Å². The van der Waals surface area contributed by atoms with Crippen LogP contribution in [0.2, 0.25) is 0 Å². The Bertz CT molecular complexity index is 332. The Hall–Kier alpha value is -0.800. The first-order valence-electron chi connectivity index (χ1n) is 7.55. The van der Waals surface area contributed by atoms with E-state index in [0.717, 1.165) is 25.6 Å². The van der Waals surface area contributed by atoms with E-state index >= 15 is 0 Å². The Labute approximate surface area is 119 Å². The van der Waals surface area contributed by atoms with Gasteiger partial charge in [-0.15, -0.1) is 0 Å². The van der Waals surface area contributed by atoms with Crippen molar-refractivity contribution in [3.05, 3.63) is 24.0 Å². The lowest BCUT2D eigenvalue weighted by Crippen LogP contribution is -2.39. The zero-order valence-electron chi connectivity index (χ0n) is 13.3. The lowest BCUT2D eigenvalue weighted by atomic mass is 10.0. The highest BCUT2D eigenvalue weighted by Gasteiger charge is 2.12. The van der Waals surface area contributed by atoms with Gasteiger partial charge in [0, 0.05) is 37.6 Å². The highest BCUT2D eigenvalue weighted by molar-refractivity contribution is 5.07. The molecule has 0 bridgehead atoms. The Morgan fingerprint density at radius 2 is 2.05 bits per heavy atom. The molecule has 0 aliphatic carbocycles. The number of rotatable bonds is 9. The first-order valence-corrected chi connectivity index (χ1v) is 7.55. The molecular weight excluding hydrogens is 234 g/mol. The van der Waals surface area contributed by atoms with Crippen LogP contribution in [0.25, 0.3) is 0 Å². The van der Waals surface area contributed by atoms with Crippen molar-refractivity contribution >= 4 is 0 Å². The number of hydrogen-bond donors (Lipinski definition) is 1. The van der Waals surface area contributed by atoms with Crippen molar-refractivity contribution in [2.45, 2.75) is 52.7 Å². The van der Waals surface area contributed by atoms with Crippen molar-refractivity contribution in [3.63, 3.8) is 0 Å². The molecule has 0 aliphatic rings. The molecule has 0 fully saturated rings. The minimum Gasteiger partial charge on any atom is -0.350 e. The highest BCUT2D eigenvalue weighted by Crippen LogP contribution is 2.08. The molecule has 3 nitrogen and oxygen atoms in total. The van der Waals surface area contributed by atoms with Crippen LogP contribution in [-0.2, 0) is 13.1 Å². The van der Waals surface area contributed by atoms with E-state index in [0.29, 0.717) is 6.04 Å². The summed E-state index contributed by atoms with van der Waals surface area (Å²) in [6.45, 7) is 10.0. The van der Waals surface area contributed by atoms with Crippen molar-refractivity contribution in [1.29, 1.82) is 0 Å². The molecule has 0 radical (unpaired) electrons. The van der Waals surface area contributed by atoms with E-state index in [1.165, 1.54) is 18.5 Å². The molecule has 1 aromatic rings. The number of aromatic nitrogens is 1. The summed E-state index contributed by atoms with van der Waals surface area (Å²) >= 11 is 0. The van der Waals surface area contributed by atoms with Crippen LogP contribution >= 0.6 is 0 Å². The van der Waals surface area contributed by atoms with Crippen LogP contribution < -0.4 is 5.32 Å². The Morgan fingerprint density at radius 1 is 1.32 bits per heavy atom. The third-order valence-corrected chi connectivity index (χ3v) is 3.30. The molecule has 19 heavy (non-hydrogen) atoms. The summed E-state index contributed by atoms with van der Waals surface area (Å²) in [7, 11) is 4.30. The minimum absolute atomic E-state index is 0.569. The Morgan fingerprint density at radius 3 is 2.63 bits per heavy atom. The van der Waals surface area contributed by atoms with Crippen LogP contribution in [0.3, 0.4) is 0 Å². The SMILES string of the molecule is CCCn1cccc1CNC(CC(C)C)CN(C)C. The van der Waals surface area contributed by atoms with E-state index in [1.54, 1.807) is 0 Å². The van der Waals surface area contributed by atoms with Gasteiger partial charge in [-0.1, -0.05) is 20.8 Å². The van der Waals surface area contributed by atoms with Crippen LogP contribution in [0.1, 0.15) is 39.3 Å². The van der Waals surface area contributed by atoms with Gasteiger partial charge in [-0.05, 0) is 45.0 Å². The Kier molecular flexibility index (Phi) is 7.17. The quantitative estimate of drug-likeness (QED) is 0.741. The maximum atomic E-state index is 3.72. The van der Waals surface area contributed by atoms with Crippen molar-refractivity contribution in [3.8, 4) is 0 Å². The predicted octanol–water partition coefficient (Wildman–Crippen LogP) is 2.96. The van der Waals surface area contributed by atoms with Gasteiger partial charge in [0.2, 0.25) is 0 Å². The fourth-order valence-electron chi connectivity index (χ4n) is 2.55. The molecule has 1 atom stereocenters. The average Bonchev–Trinajstić information content (AvgIpc) is 2.72. The van der Waals surface area contributed by atoms with Crippen molar-refractivity contribution < 1.29 is 0 Å². The van der Waals surface area contributed by atoms with Gasteiger partial charge < -0.3 is 14.8 Å². The molecule has 0 aromatic carbocycles. The van der Waals surface area contributed by atoms with E-state index in [2.05, 4.69) is 68.0 Å². The lowest BCUT2D eigenvalue weighted by Gasteiger charge is -2.24. The van der Waals surface area contributed by atoms with Gasteiger partial charge in [0.15, 0.2) is 0 Å². The van der Waals surface area contributed by atoms with E-state index in [9.17, 15) is 0 Å². The van der Waals surface area contributed by atoms with Crippen molar-refractivity contribution in [2.24, 2.45) is 5.92 Å². The molecule has 0 aliphatic heterocycles. The number of likely N-dealkylation sites (N-methyl/N-ethyl adjacent to an activating group) is 1. The van der Waals surface area contributed by atoms with Crippen molar-refractivity contribution in [1.82, 2.24) is 14.8 Å². The third-order valence-electron chi connectivity index (χ3n) is 3.30. The lowest BCUT2D eigenvalue weighted by molar-refractivity contribution is 0.303. The van der Waals surface area contributed by atoms with Crippen LogP contribution in [0.5, 0.6) is 0 Å². The maximum absolute atomic E-state index is 3.72. The van der Waals surface area contributed by atoms with E-state index in [4.69, 9.17) is 0 Å². The van der Waals surface area contributed by atoms with E-state index in [-0.39, 0.29) is 0 Å². The molecule has 3 heteroatoms. The van der Waals surface area contributed by atoms with E-state index < -0.39 is 0 Å². The summed E-state index contributed by atoms with van der Waals surface area (Å²) in [5.41, 5.74) is 1.40. The summed E-state index contributed by atoms with van der Waals surface area (Å²) in [6.07, 6.45) is 4.60. The van der Waals surface area contributed by atoms with Gasteiger partial charge in [0.25, 0.3) is 0 Å². The normalized spacial score (nSPS) is 13.4. The topological polar surface area (TPSA) is 20.2 Å². The highest BCUT2D eigenvalue weighted by atomic mass is 15.1. The summed E-state index contributed by atoms with van der Waals surface area (Å²) in [5.74, 6) is 0.736. The molecule has 1 unspecified atom stereocenters. The van der Waals surface area contributed by atoms with Gasteiger partial charge in [-0.25, -0.2) is 0 Å². The van der Waals surface area contributed by atoms with Gasteiger partial charge in [-0.2, -0.15) is 0 Å². The summed E-state index contributed by atoms with van der Waals surface area (Å²) in [4.78, 5) is 2.27. The van der Waals surface area contributed by atoms with Gasteiger partial charge >= 0.3 is 0 Å². The molecule has 0 spiro atoms. The average molecular weight is 265 g/mol. The van der Waals surface area contributed by atoms with E-state index in [1.807, 2.05) is 0 Å². The van der Waals surface area contributed by atoms with Gasteiger partial charge in [0.05, 0.1) is 0 Å². The fraction of sp³-hybridized carbons (Fsp3) is 0.750. The zero-order valence-corrected chi connectivity index (χ0v) is 13.3. The zero-order chi connectivity index (χ0) is 14.3. The van der Waals surface area contributed by atoms with Crippen LogP contribution in [0.15, 0.2) is 18.3 Å². The maximum Gasteiger partial charge on any atom is 0.0362 e. The summed E-state index contributed by atoms with van der Waals surface area (Å²) in [6, 6.07) is 4.95. The molecule has 1 N–H and O–H groups in total. The second-order valence-electron chi connectivity index (χ2n) is 6.16. The first kappa shape index (κ1) is 16.3. The standard InChI is InChI=1S/C16H31N3/c1-6-9-19-10-7-8-16(19)12-17-15(11-14(2)3)13-18(4)5/h7-8,10,14-15,17H,6,9,11-13H2,1-5H3. The molecule has 1 heterocycles. The summed E-state index contributed by atoms with van der Waals surface area (Å²) < 4.78 is 2.36. The van der Waals surface area contributed by atoms with Gasteiger partial charge in [0.1, 0.15) is 0 Å². The minimum atomic E-state index is 0.569.